The Hall–Kier alpha value is -2.00. The monoisotopic (exact) mass is 299 g/mol. The Bertz CT molecular complexity index is 669. The number of hydrogen-bond acceptors (Lipinski definition) is 3. The van der Waals surface area contributed by atoms with Crippen LogP contribution in [0.5, 0.6) is 0 Å². The third-order valence-electron chi connectivity index (χ3n) is 4.12. The van der Waals surface area contributed by atoms with E-state index in [1.165, 1.54) is 5.56 Å². The lowest BCUT2D eigenvalue weighted by Gasteiger charge is -2.39. The summed E-state index contributed by atoms with van der Waals surface area (Å²) in [6.45, 7) is 2.82. The third-order valence-corrected chi connectivity index (χ3v) is 4.36. The highest BCUT2D eigenvalue weighted by Crippen LogP contribution is 2.40. The quantitative estimate of drug-likeness (QED) is 0.937. The Morgan fingerprint density at radius 2 is 1.95 bits per heavy atom. The Balaban J connectivity index is 2.13. The highest BCUT2D eigenvalue weighted by molar-refractivity contribution is 6.31. The van der Waals surface area contributed by atoms with Gasteiger partial charge in [0.15, 0.2) is 5.96 Å². The van der Waals surface area contributed by atoms with E-state index in [-0.39, 0.29) is 5.54 Å². The summed E-state index contributed by atoms with van der Waals surface area (Å²) in [4.78, 5) is 6.61. The van der Waals surface area contributed by atoms with Gasteiger partial charge in [0.25, 0.3) is 0 Å². The van der Waals surface area contributed by atoms with Gasteiger partial charge in [0, 0.05) is 10.7 Å². The molecule has 1 atom stereocenters. The highest BCUT2D eigenvalue weighted by Gasteiger charge is 2.43. The van der Waals surface area contributed by atoms with Gasteiger partial charge in [-0.05, 0) is 30.2 Å². The van der Waals surface area contributed by atoms with Crippen LogP contribution in [0, 0.1) is 0 Å². The number of guanidine groups is 1. The largest absolute Gasteiger partial charge is 0.369 e. The van der Waals surface area contributed by atoms with Gasteiger partial charge in [-0.1, -0.05) is 54.9 Å². The first-order chi connectivity index (χ1) is 10.2. The maximum absolute atomic E-state index is 6.18. The topological polar surface area (TPSA) is 41.6 Å². The second-order valence-electron chi connectivity index (χ2n) is 5.24. The molecule has 2 N–H and O–H groups in total. The van der Waals surface area contributed by atoms with Crippen molar-refractivity contribution in [3.05, 3.63) is 65.2 Å². The van der Waals surface area contributed by atoms with Gasteiger partial charge in [-0.3, -0.25) is 4.99 Å². The van der Waals surface area contributed by atoms with E-state index in [0.717, 1.165) is 12.1 Å². The van der Waals surface area contributed by atoms with Gasteiger partial charge in [0.1, 0.15) is 0 Å². The van der Waals surface area contributed by atoms with Crippen molar-refractivity contribution in [3.63, 3.8) is 0 Å². The molecule has 2 aromatic rings. The van der Waals surface area contributed by atoms with Crippen LogP contribution in [0.15, 0.2) is 59.6 Å². The lowest BCUT2D eigenvalue weighted by atomic mass is 9.86. The molecule has 0 radical (unpaired) electrons. The van der Waals surface area contributed by atoms with E-state index < -0.39 is 0 Å². The second kappa shape index (κ2) is 5.41. The van der Waals surface area contributed by atoms with E-state index >= 15 is 0 Å². The predicted molar refractivity (Wildman–Crippen MR) is 88.8 cm³/mol. The minimum atomic E-state index is -0.240. The van der Waals surface area contributed by atoms with Gasteiger partial charge in [-0.2, -0.15) is 0 Å². The Morgan fingerprint density at radius 1 is 1.19 bits per heavy atom. The van der Waals surface area contributed by atoms with Gasteiger partial charge in [0.05, 0.1) is 12.1 Å². The number of rotatable bonds is 3. The van der Waals surface area contributed by atoms with Gasteiger partial charge in [-0.15, -0.1) is 0 Å². The van der Waals surface area contributed by atoms with Crippen molar-refractivity contribution in [3.8, 4) is 0 Å². The first-order valence-corrected chi connectivity index (χ1v) is 7.46. The third kappa shape index (κ3) is 2.28. The maximum Gasteiger partial charge on any atom is 0.196 e. The molecule has 4 heteroatoms. The Morgan fingerprint density at radius 3 is 2.62 bits per heavy atom. The lowest BCUT2D eigenvalue weighted by Crippen LogP contribution is -2.49. The van der Waals surface area contributed by atoms with Crippen LogP contribution in [-0.4, -0.2) is 12.5 Å². The van der Waals surface area contributed by atoms with E-state index in [0.29, 0.717) is 17.5 Å². The first-order valence-electron chi connectivity index (χ1n) is 7.08. The van der Waals surface area contributed by atoms with Crippen molar-refractivity contribution in [2.45, 2.75) is 18.9 Å². The summed E-state index contributed by atoms with van der Waals surface area (Å²) >= 11 is 6.15. The molecule has 0 amide bonds. The molecule has 1 aliphatic rings. The van der Waals surface area contributed by atoms with Crippen LogP contribution in [0.4, 0.5) is 5.69 Å². The van der Waals surface area contributed by atoms with Crippen molar-refractivity contribution < 1.29 is 0 Å². The van der Waals surface area contributed by atoms with Crippen LogP contribution in [0.25, 0.3) is 0 Å². The summed E-state index contributed by atoms with van der Waals surface area (Å²) in [5.41, 5.74) is 8.14. The number of nitrogens with zero attached hydrogens (tertiary/aromatic N) is 2. The van der Waals surface area contributed by atoms with Crippen molar-refractivity contribution in [2.24, 2.45) is 10.7 Å². The number of halogens is 1. The normalized spacial score (nSPS) is 21.4. The smallest absolute Gasteiger partial charge is 0.196 e. The summed E-state index contributed by atoms with van der Waals surface area (Å²) in [6.07, 6.45) is 0.910. The first kappa shape index (κ1) is 14.0. The SMILES string of the molecule is CCC1(c2ccccc2)CN=C(N)N1c1cccc(Cl)c1. The fourth-order valence-corrected chi connectivity index (χ4v) is 3.19. The maximum atomic E-state index is 6.18. The average molecular weight is 300 g/mol. The second-order valence-corrected chi connectivity index (χ2v) is 5.68. The van der Waals surface area contributed by atoms with Crippen LogP contribution in [0.3, 0.4) is 0 Å². The number of benzene rings is 2. The lowest BCUT2D eigenvalue weighted by molar-refractivity contribution is 0.462. The highest BCUT2D eigenvalue weighted by atomic mass is 35.5. The average Bonchev–Trinajstić information content (AvgIpc) is 2.86. The predicted octanol–water partition coefficient (Wildman–Crippen LogP) is 3.78. The standard InChI is InChI=1S/C17H18ClN3/c1-2-17(13-7-4-3-5-8-13)12-20-16(19)21(17)15-10-6-9-14(18)11-15/h3-11H,2,12H2,1H3,(H2,19,20). The van der Waals surface area contributed by atoms with Gasteiger partial charge in [-0.25, -0.2) is 0 Å². The number of hydrogen-bond donors (Lipinski definition) is 1. The van der Waals surface area contributed by atoms with Gasteiger partial charge >= 0.3 is 0 Å². The van der Waals surface area contributed by atoms with Crippen molar-refractivity contribution in [1.82, 2.24) is 0 Å². The molecule has 0 saturated heterocycles. The van der Waals surface area contributed by atoms with Crippen LogP contribution in [0.1, 0.15) is 18.9 Å². The van der Waals surface area contributed by atoms with Gasteiger partial charge < -0.3 is 10.6 Å². The van der Waals surface area contributed by atoms with Crippen molar-refractivity contribution in [1.29, 1.82) is 0 Å². The van der Waals surface area contributed by atoms with Crippen LogP contribution >= 0.6 is 11.6 Å². The van der Waals surface area contributed by atoms with E-state index in [2.05, 4.69) is 41.1 Å². The van der Waals surface area contributed by atoms with E-state index in [1.807, 2.05) is 30.3 Å². The molecule has 0 spiro atoms. The molecule has 0 saturated carbocycles. The molecule has 21 heavy (non-hydrogen) atoms. The number of anilines is 1. The molecule has 3 rings (SSSR count). The molecule has 1 unspecified atom stereocenters. The summed E-state index contributed by atoms with van der Waals surface area (Å²) in [5.74, 6) is 0.544. The van der Waals surface area contributed by atoms with Crippen LogP contribution in [-0.2, 0) is 5.54 Å². The zero-order valence-electron chi connectivity index (χ0n) is 12.0. The number of nitrogens with two attached hydrogens (primary N) is 1. The molecule has 0 aromatic heterocycles. The summed E-state index contributed by atoms with van der Waals surface area (Å²) < 4.78 is 0. The molecule has 1 heterocycles. The molecular formula is C17H18ClN3. The van der Waals surface area contributed by atoms with Crippen LogP contribution < -0.4 is 10.6 Å². The molecule has 1 aliphatic heterocycles. The summed E-state index contributed by atoms with van der Waals surface area (Å²) in [6, 6.07) is 18.2. The molecule has 0 bridgehead atoms. The number of aliphatic imine (C=N–C) groups is 1. The molecule has 3 nitrogen and oxygen atoms in total. The summed E-state index contributed by atoms with van der Waals surface area (Å²) in [7, 11) is 0. The Labute approximate surface area is 130 Å². The fourth-order valence-electron chi connectivity index (χ4n) is 3.01. The van der Waals surface area contributed by atoms with E-state index in [1.54, 1.807) is 0 Å². The van der Waals surface area contributed by atoms with E-state index in [9.17, 15) is 0 Å². The van der Waals surface area contributed by atoms with E-state index in [4.69, 9.17) is 17.3 Å². The zero-order valence-corrected chi connectivity index (χ0v) is 12.7. The van der Waals surface area contributed by atoms with Gasteiger partial charge in [0.2, 0.25) is 0 Å². The van der Waals surface area contributed by atoms with Crippen molar-refractivity contribution in [2.75, 3.05) is 11.4 Å². The minimum Gasteiger partial charge on any atom is -0.369 e. The molecule has 2 aromatic carbocycles. The van der Waals surface area contributed by atoms with Crippen LogP contribution in [0.2, 0.25) is 5.02 Å². The fraction of sp³-hybridized carbons (Fsp3) is 0.235. The van der Waals surface area contributed by atoms with Crippen molar-refractivity contribution >= 4 is 23.2 Å². The zero-order chi connectivity index (χ0) is 14.9. The Kier molecular flexibility index (Phi) is 3.60. The minimum absolute atomic E-state index is 0.240. The molecular weight excluding hydrogens is 282 g/mol. The molecule has 0 fully saturated rings. The molecule has 0 aliphatic carbocycles. The molecule has 108 valence electrons. The summed E-state index contributed by atoms with van der Waals surface area (Å²) in [5, 5.41) is 0.699.